The Bertz CT molecular complexity index is 1240. The molecule has 0 aliphatic carbocycles. The fourth-order valence-electron chi connectivity index (χ4n) is 3.99. The van der Waals surface area contributed by atoms with Crippen molar-refractivity contribution in [2.75, 3.05) is 37.5 Å². The summed E-state index contributed by atoms with van der Waals surface area (Å²) < 4.78 is 11.9. The van der Waals surface area contributed by atoms with Crippen molar-refractivity contribution in [3.05, 3.63) is 69.5 Å². The van der Waals surface area contributed by atoms with Crippen molar-refractivity contribution in [3.63, 3.8) is 0 Å². The number of carbonyl (C=O) groups excluding carboxylic acids is 1. The van der Waals surface area contributed by atoms with E-state index in [1.807, 2.05) is 24.0 Å². The number of aromatic nitrogens is 2. The van der Waals surface area contributed by atoms with Crippen LogP contribution in [0.2, 0.25) is 5.02 Å². The quantitative estimate of drug-likeness (QED) is 0.570. The smallest absolute Gasteiger partial charge is 0.271 e. The van der Waals surface area contributed by atoms with E-state index in [4.69, 9.17) is 21.1 Å². The Hall–Kier alpha value is -3.52. The van der Waals surface area contributed by atoms with Gasteiger partial charge in [0.1, 0.15) is 17.3 Å². The average molecular weight is 483 g/mol. The normalized spacial score (nSPS) is 15.6. The highest BCUT2D eigenvalue weighted by Crippen LogP contribution is 2.28. The summed E-state index contributed by atoms with van der Waals surface area (Å²) in [7, 11) is 3.13. The van der Waals surface area contributed by atoms with Gasteiger partial charge in [-0.1, -0.05) is 17.7 Å². The van der Waals surface area contributed by atoms with E-state index in [2.05, 4.69) is 10.4 Å². The summed E-state index contributed by atoms with van der Waals surface area (Å²) in [6, 6.07) is 13.8. The molecule has 3 aromatic rings. The number of rotatable bonds is 6. The number of methoxy groups -OCH3 is 2. The second-order valence-corrected chi connectivity index (χ2v) is 8.66. The second-order valence-electron chi connectivity index (χ2n) is 8.25. The van der Waals surface area contributed by atoms with Crippen molar-refractivity contribution < 1.29 is 14.3 Å². The summed E-state index contributed by atoms with van der Waals surface area (Å²) in [5.41, 5.74) is 1.89. The van der Waals surface area contributed by atoms with Crippen LogP contribution in [0, 0.1) is 12.8 Å². The van der Waals surface area contributed by atoms with Crippen LogP contribution >= 0.6 is 11.6 Å². The summed E-state index contributed by atoms with van der Waals surface area (Å²) in [4.78, 5) is 27.6. The number of hydrogen-bond donors (Lipinski definition) is 1. The lowest BCUT2D eigenvalue weighted by Gasteiger charge is -2.33. The van der Waals surface area contributed by atoms with Crippen LogP contribution in [-0.2, 0) is 4.79 Å². The fraction of sp³-hybridized carbons (Fsp3) is 0.320. The molecule has 2 heterocycles. The molecule has 0 radical (unpaired) electrons. The molecule has 1 fully saturated rings. The van der Waals surface area contributed by atoms with E-state index in [0.29, 0.717) is 40.3 Å². The zero-order valence-electron chi connectivity index (χ0n) is 19.4. The van der Waals surface area contributed by atoms with Crippen LogP contribution in [0.1, 0.15) is 18.4 Å². The number of nitrogens with zero attached hydrogens (tertiary/aromatic N) is 3. The molecule has 1 aliphatic heterocycles. The largest absolute Gasteiger partial charge is 0.497 e. The maximum Gasteiger partial charge on any atom is 0.271 e. The lowest BCUT2D eigenvalue weighted by atomic mass is 9.97. The predicted molar refractivity (Wildman–Crippen MR) is 133 cm³/mol. The monoisotopic (exact) mass is 482 g/mol. The second kappa shape index (κ2) is 10.2. The first-order valence-electron chi connectivity index (χ1n) is 11.0. The standard InChI is InChI=1S/C25H27ClN4O4/c1-16-6-7-19(13-22(16)26)30-24(31)9-8-23(28-30)29-10-4-5-17(15-29)25(32)27-18-11-20(33-2)14-21(12-18)34-3/h6-9,11-14,17H,4-5,10,15H2,1-3H3,(H,27,32)/t17-/m0/s1. The Labute approximate surface area is 203 Å². The molecule has 1 aromatic heterocycles. The van der Waals surface area contributed by atoms with Gasteiger partial charge in [0.2, 0.25) is 5.91 Å². The molecule has 178 valence electrons. The minimum Gasteiger partial charge on any atom is -0.497 e. The van der Waals surface area contributed by atoms with Crippen molar-refractivity contribution in [3.8, 4) is 17.2 Å². The maximum absolute atomic E-state index is 13.0. The third-order valence-corrected chi connectivity index (χ3v) is 6.33. The average Bonchev–Trinajstić information content (AvgIpc) is 2.85. The third kappa shape index (κ3) is 5.17. The zero-order valence-corrected chi connectivity index (χ0v) is 20.1. The molecule has 1 N–H and O–H groups in total. The molecule has 2 aromatic carbocycles. The highest BCUT2D eigenvalue weighted by molar-refractivity contribution is 6.31. The molecule has 0 unspecified atom stereocenters. The SMILES string of the molecule is COc1cc(NC(=O)[C@H]2CCCN(c3ccc(=O)n(-c4ccc(C)c(Cl)c4)n3)C2)cc(OC)c1. The minimum atomic E-state index is -0.248. The van der Waals surface area contributed by atoms with Gasteiger partial charge in [-0.25, -0.2) is 0 Å². The van der Waals surface area contributed by atoms with Crippen LogP contribution in [0.15, 0.2) is 53.3 Å². The Morgan fingerprint density at radius 3 is 2.50 bits per heavy atom. The van der Waals surface area contributed by atoms with Gasteiger partial charge in [-0.3, -0.25) is 9.59 Å². The first kappa shape index (κ1) is 23.6. The Kier molecular flexibility index (Phi) is 7.07. The van der Waals surface area contributed by atoms with Gasteiger partial charge in [0.15, 0.2) is 0 Å². The summed E-state index contributed by atoms with van der Waals surface area (Å²) in [6.07, 6.45) is 1.59. The van der Waals surface area contributed by atoms with Crippen LogP contribution in [0.25, 0.3) is 5.69 Å². The number of piperidine rings is 1. The summed E-state index contributed by atoms with van der Waals surface area (Å²) >= 11 is 6.25. The molecule has 34 heavy (non-hydrogen) atoms. The molecule has 1 amide bonds. The Morgan fingerprint density at radius 1 is 1.09 bits per heavy atom. The van der Waals surface area contributed by atoms with Gasteiger partial charge >= 0.3 is 0 Å². The van der Waals surface area contributed by atoms with Crippen molar-refractivity contribution in [2.45, 2.75) is 19.8 Å². The highest BCUT2D eigenvalue weighted by atomic mass is 35.5. The number of anilines is 2. The van der Waals surface area contributed by atoms with Crippen LogP contribution in [0.3, 0.4) is 0 Å². The Morgan fingerprint density at radius 2 is 1.82 bits per heavy atom. The lowest BCUT2D eigenvalue weighted by molar-refractivity contribution is -0.120. The number of nitrogens with one attached hydrogen (secondary N) is 1. The summed E-state index contributed by atoms with van der Waals surface area (Å²) in [6.45, 7) is 3.14. The summed E-state index contributed by atoms with van der Waals surface area (Å²) in [5.74, 6) is 1.52. The van der Waals surface area contributed by atoms with Crippen LogP contribution < -0.4 is 25.2 Å². The molecule has 1 saturated heterocycles. The van der Waals surface area contributed by atoms with Crippen LogP contribution in [-0.4, -0.2) is 43.0 Å². The van der Waals surface area contributed by atoms with Gasteiger partial charge in [0.25, 0.3) is 5.56 Å². The van der Waals surface area contributed by atoms with E-state index in [-0.39, 0.29) is 17.4 Å². The van der Waals surface area contributed by atoms with E-state index < -0.39 is 0 Å². The molecule has 0 saturated carbocycles. The lowest BCUT2D eigenvalue weighted by Crippen LogP contribution is -2.41. The van der Waals surface area contributed by atoms with Gasteiger partial charge < -0.3 is 19.7 Å². The van der Waals surface area contributed by atoms with Crippen molar-refractivity contribution in [1.29, 1.82) is 0 Å². The van der Waals surface area contributed by atoms with E-state index in [0.717, 1.165) is 24.9 Å². The number of hydrogen-bond acceptors (Lipinski definition) is 6. The van der Waals surface area contributed by atoms with E-state index in [1.54, 1.807) is 44.6 Å². The maximum atomic E-state index is 13.0. The molecule has 1 aliphatic rings. The van der Waals surface area contributed by atoms with Gasteiger partial charge in [0.05, 0.1) is 25.8 Å². The van der Waals surface area contributed by atoms with Gasteiger partial charge in [-0.05, 0) is 43.5 Å². The molecule has 0 spiro atoms. The van der Waals surface area contributed by atoms with Gasteiger partial charge in [0, 0.05) is 48.1 Å². The molecule has 9 heteroatoms. The fourth-order valence-corrected chi connectivity index (χ4v) is 4.17. The van der Waals surface area contributed by atoms with Crippen LogP contribution in [0.4, 0.5) is 11.5 Å². The molecule has 4 rings (SSSR count). The first-order valence-corrected chi connectivity index (χ1v) is 11.4. The number of halogens is 1. The molecular formula is C25H27ClN4O4. The van der Waals surface area contributed by atoms with E-state index >= 15 is 0 Å². The zero-order chi connectivity index (χ0) is 24.2. The highest BCUT2D eigenvalue weighted by Gasteiger charge is 2.27. The van der Waals surface area contributed by atoms with Crippen molar-refractivity contribution in [1.82, 2.24) is 9.78 Å². The van der Waals surface area contributed by atoms with Crippen molar-refractivity contribution in [2.24, 2.45) is 5.92 Å². The predicted octanol–water partition coefficient (Wildman–Crippen LogP) is 4.07. The number of ether oxygens (including phenoxy) is 2. The molecule has 1 atom stereocenters. The molecular weight excluding hydrogens is 456 g/mol. The molecule has 8 nitrogen and oxygen atoms in total. The number of benzene rings is 2. The topological polar surface area (TPSA) is 85.7 Å². The first-order chi connectivity index (χ1) is 16.4. The van der Waals surface area contributed by atoms with Gasteiger partial charge in [-0.15, -0.1) is 5.10 Å². The van der Waals surface area contributed by atoms with E-state index in [1.165, 1.54) is 10.7 Å². The third-order valence-electron chi connectivity index (χ3n) is 5.92. The molecule has 0 bridgehead atoms. The minimum absolute atomic E-state index is 0.0846. The summed E-state index contributed by atoms with van der Waals surface area (Å²) in [5, 5.41) is 8.11. The van der Waals surface area contributed by atoms with Crippen LogP contribution in [0.5, 0.6) is 11.5 Å². The number of amides is 1. The van der Waals surface area contributed by atoms with Gasteiger partial charge in [-0.2, -0.15) is 4.68 Å². The Balaban J connectivity index is 1.52. The number of aryl methyl sites for hydroxylation is 1. The van der Waals surface area contributed by atoms with E-state index in [9.17, 15) is 9.59 Å². The van der Waals surface area contributed by atoms with Crippen molar-refractivity contribution >= 4 is 29.0 Å². The number of carbonyl (C=O) groups is 1.